The van der Waals surface area contributed by atoms with Crippen LogP contribution in [0.25, 0.3) is 0 Å². The largest absolute Gasteiger partial charge is 0.394 e. The minimum atomic E-state index is -4.67. The lowest BCUT2D eigenvalue weighted by Gasteiger charge is -2.23. The number of nitrogens with zero attached hydrogens (tertiary/aromatic N) is 2. The molecule has 4 N–H and O–H groups in total. The second-order valence-electron chi connectivity index (χ2n) is 14.7. The minimum absolute atomic E-state index is 1.12. The van der Waals surface area contributed by atoms with Crippen molar-refractivity contribution in [1.29, 1.82) is 0 Å². The quantitative estimate of drug-likeness (QED) is 0.0394. The highest BCUT2D eigenvalue weighted by Gasteiger charge is 2.06. The van der Waals surface area contributed by atoms with Crippen LogP contribution in [0.1, 0.15) is 168 Å². The monoisotopic (exact) mass is 709 g/mol. The van der Waals surface area contributed by atoms with Gasteiger partial charge in [-0.15, -0.1) is 0 Å². The van der Waals surface area contributed by atoms with Gasteiger partial charge in [0.25, 0.3) is 0 Å². The average Bonchev–Trinajstić information content (AvgIpc) is 2.87. The molecule has 0 radical (unpaired) electrons. The maximum absolute atomic E-state index is 8.74. The van der Waals surface area contributed by atoms with Gasteiger partial charge in [0.1, 0.15) is 0 Å². The van der Waals surface area contributed by atoms with E-state index in [2.05, 4.69) is 56.1 Å². The molecular formula is C34H80N2O8S2+2. The third kappa shape index (κ3) is 90.3. The highest BCUT2D eigenvalue weighted by atomic mass is 32.3. The second kappa shape index (κ2) is 34.5. The van der Waals surface area contributed by atoms with E-state index in [0.717, 1.165) is 8.97 Å². The fourth-order valence-electron chi connectivity index (χ4n) is 4.85. The van der Waals surface area contributed by atoms with E-state index < -0.39 is 20.8 Å². The summed E-state index contributed by atoms with van der Waals surface area (Å²) in [7, 11) is 4.40. The van der Waals surface area contributed by atoms with Crippen LogP contribution in [0.15, 0.2) is 0 Å². The Morgan fingerprint density at radius 3 is 0.587 bits per heavy atom. The highest BCUT2D eigenvalue weighted by molar-refractivity contribution is 7.80. The van der Waals surface area contributed by atoms with Crippen LogP contribution in [0.3, 0.4) is 0 Å². The molecule has 0 aliphatic rings. The van der Waals surface area contributed by atoms with Crippen LogP contribution in [0.5, 0.6) is 0 Å². The molecule has 46 heavy (non-hydrogen) atoms. The molecule has 0 rings (SSSR count). The van der Waals surface area contributed by atoms with Gasteiger partial charge in [0.2, 0.25) is 0 Å². The predicted molar refractivity (Wildman–Crippen MR) is 196 cm³/mol. The molecule has 0 aliphatic heterocycles. The molecule has 284 valence electrons. The van der Waals surface area contributed by atoms with Crippen molar-refractivity contribution in [3.63, 3.8) is 0 Å². The van der Waals surface area contributed by atoms with Gasteiger partial charge in [-0.1, -0.05) is 142 Å². The lowest BCUT2D eigenvalue weighted by Crippen LogP contribution is -2.35. The minimum Gasteiger partial charge on any atom is -0.331 e. The van der Waals surface area contributed by atoms with Crippen LogP contribution in [0, 0.1) is 0 Å². The number of rotatable bonds is 26. The highest BCUT2D eigenvalue weighted by Crippen LogP contribution is 2.13. The van der Waals surface area contributed by atoms with E-state index >= 15 is 0 Å². The molecule has 0 heterocycles. The average molecular weight is 709 g/mol. The summed E-state index contributed by atoms with van der Waals surface area (Å²) in [5.41, 5.74) is 0. The fraction of sp³-hybridized carbons (Fsp3) is 1.00. The Morgan fingerprint density at radius 2 is 0.457 bits per heavy atom. The van der Waals surface area contributed by atoms with Crippen molar-refractivity contribution in [2.24, 2.45) is 0 Å². The predicted octanol–water partition coefficient (Wildman–Crippen LogP) is 9.48. The van der Waals surface area contributed by atoms with Crippen LogP contribution >= 0.6 is 0 Å². The summed E-state index contributed by atoms with van der Waals surface area (Å²) in [6.07, 6.45) is 34.8. The molecular weight excluding hydrogens is 629 g/mol. The topological polar surface area (TPSA) is 149 Å². The molecule has 0 saturated carbocycles. The zero-order valence-corrected chi connectivity index (χ0v) is 33.2. The first-order valence-electron chi connectivity index (χ1n) is 18.1. The van der Waals surface area contributed by atoms with Crippen LogP contribution in [0.4, 0.5) is 0 Å². The first-order valence-corrected chi connectivity index (χ1v) is 20.9. The number of hydrogen-bond acceptors (Lipinski definition) is 4. The van der Waals surface area contributed by atoms with Gasteiger partial charge in [0.05, 0.1) is 55.4 Å². The first kappa shape index (κ1) is 52.5. The zero-order valence-electron chi connectivity index (χ0n) is 31.5. The Kier molecular flexibility index (Phi) is 39.4. The van der Waals surface area contributed by atoms with Gasteiger partial charge in [0.15, 0.2) is 0 Å². The van der Waals surface area contributed by atoms with Gasteiger partial charge in [-0.2, -0.15) is 16.8 Å². The molecule has 0 amide bonds. The van der Waals surface area contributed by atoms with Crippen molar-refractivity contribution < 1.29 is 44.0 Å². The van der Waals surface area contributed by atoms with Crippen molar-refractivity contribution in [3.05, 3.63) is 0 Å². The van der Waals surface area contributed by atoms with Crippen LogP contribution < -0.4 is 0 Å². The standard InChI is InChI=1S/C19H42N.C15H34N.2H2O4S/c1-5-6-7-8-9-10-11-12-13-14-15-16-17-18-19-20(2,3)4;1-5-6-7-8-9-10-11-12-13-14-15-16(2,3)4;2*1-5(2,3)4/h5-19H2,1-4H3;5-15H2,1-4H3;2*(H2,1,2,3,4)/q2*+1;;. The van der Waals surface area contributed by atoms with E-state index in [-0.39, 0.29) is 0 Å². The molecule has 10 nitrogen and oxygen atoms in total. The maximum Gasteiger partial charge on any atom is 0.394 e. The molecule has 12 heteroatoms. The molecule has 0 unspecified atom stereocenters. The van der Waals surface area contributed by atoms with Crippen LogP contribution in [0.2, 0.25) is 0 Å². The molecule has 0 fully saturated rings. The smallest absolute Gasteiger partial charge is 0.331 e. The van der Waals surface area contributed by atoms with E-state index in [1.807, 2.05) is 0 Å². The Labute approximate surface area is 287 Å². The molecule has 0 atom stereocenters. The fourth-order valence-corrected chi connectivity index (χ4v) is 4.85. The van der Waals surface area contributed by atoms with Gasteiger partial charge < -0.3 is 8.97 Å². The summed E-state index contributed by atoms with van der Waals surface area (Å²) in [6.45, 7) is 7.24. The SMILES string of the molecule is CCCCCCCCCCCCCCCC[N+](C)(C)C.CCCCCCCCCCCC[N+](C)(C)C.O=S(=O)(O)O.O=S(=O)(O)O. The van der Waals surface area contributed by atoms with Crippen molar-refractivity contribution >= 4 is 20.8 Å². The van der Waals surface area contributed by atoms with E-state index in [0.29, 0.717) is 0 Å². The van der Waals surface area contributed by atoms with E-state index in [1.165, 1.54) is 167 Å². The Balaban J connectivity index is -0.000000299. The van der Waals surface area contributed by atoms with E-state index in [1.54, 1.807) is 0 Å². The number of quaternary nitrogens is 2. The zero-order chi connectivity index (χ0) is 36.4. The summed E-state index contributed by atoms with van der Waals surface area (Å²) < 4.78 is 65.4. The molecule has 0 saturated heterocycles. The lowest BCUT2D eigenvalue weighted by atomic mass is 10.0. The Bertz CT molecular complexity index is 764. The summed E-state index contributed by atoms with van der Waals surface area (Å²) >= 11 is 0. The molecule has 0 aromatic rings. The molecule has 0 bridgehead atoms. The Hall–Kier alpha value is -0.340. The normalized spacial score (nSPS) is 11.9. The van der Waals surface area contributed by atoms with Crippen LogP contribution in [-0.4, -0.2) is 99.4 Å². The van der Waals surface area contributed by atoms with Gasteiger partial charge in [-0.25, -0.2) is 0 Å². The van der Waals surface area contributed by atoms with Crippen molar-refractivity contribution in [2.75, 3.05) is 55.4 Å². The van der Waals surface area contributed by atoms with Gasteiger partial charge >= 0.3 is 20.8 Å². The first-order chi connectivity index (χ1) is 21.1. The maximum atomic E-state index is 8.74. The molecule has 0 aliphatic carbocycles. The summed E-state index contributed by atoms with van der Waals surface area (Å²) in [5, 5.41) is 0. The van der Waals surface area contributed by atoms with Crippen molar-refractivity contribution in [1.82, 2.24) is 0 Å². The lowest BCUT2D eigenvalue weighted by molar-refractivity contribution is -0.870. The Morgan fingerprint density at radius 1 is 0.326 bits per heavy atom. The number of hydrogen-bond donors (Lipinski definition) is 4. The summed E-state index contributed by atoms with van der Waals surface area (Å²) in [5.74, 6) is 0. The molecule has 0 spiro atoms. The van der Waals surface area contributed by atoms with Gasteiger partial charge in [-0.05, 0) is 25.7 Å². The molecule has 0 aromatic carbocycles. The van der Waals surface area contributed by atoms with E-state index in [9.17, 15) is 0 Å². The van der Waals surface area contributed by atoms with E-state index in [4.69, 9.17) is 35.0 Å². The van der Waals surface area contributed by atoms with Gasteiger partial charge in [-0.3, -0.25) is 18.2 Å². The summed E-state index contributed by atoms with van der Waals surface area (Å²) in [4.78, 5) is 0. The second-order valence-corrected chi connectivity index (χ2v) is 16.5. The van der Waals surface area contributed by atoms with Crippen molar-refractivity contribution in [3.8, 4) is 0 Å². The number of unbranched alkanes of at least 4 members (excludes halogenated alkanes) is 22. The molecule has 0 aromatic heterocycles. The third-order valence-electron chi connectivity index (χ3n) is 7.36. The van der Waals surface area contributed by atoms with Crippen molar-refractivity contribution in [2.45, 2.75) is 168 Å². The third-order valence-corrected chi connectivity index (χ3v) is 7.36. The van der Waals surface area contributed by atoms with Gasteiger partial charge in [0, 0.05) is 0 Å². The summed E-state index contributed by atoms with van der Waals surface area (Å²) in [6, 6.07) is 0. The van der Waals surface area contributed by atoms with Crippen LogP contribution in [-0.2, 0) is 20.8 Å².